The molecule has 0 bridgehead atoms. The van der Waals surface area contributed by atoms with Gasteiger partial charge in [-0.2, -0.15) is 0 Å². The van der Waals surface area contributed by atoms with Gasteiger partial charge in [-0.3, -0.25) is 9.80 Å². The molecular weight excluding hydrogens is 354 g/mol. The minimum absolute atomic E-state index is 0.295. The molecule has 0 aromatic heterocycles. The lowest BCUT2D eigenvalue weighted by Gasteiger charge is -2.19. The quantitative estimate of drug-likeness (QED) is 0.699. The van der Waals surface area contributed by atoms with Crippen molar-refractivity contribution in [3.63, 3.8) is 0 Å². The molecule has 1 N–H and O–H groups in total. The van der Waals surface area contributed by atoms with Crippen LogP contribution in [0.5, 0.6) is 5.75 Å². The van der Waals surface area contributed by atoms with Crippen LogP contribution in [-0.4, -0.2) is 26.2 Å². The maximum atomic E-state index is 12.4. The molecule has 142 valence electrons. The lowest BCUT2D eigenvalue weighted by Crippen LogP contribution is -2.31. The normalized spacial score (nSPS) is 10.1. The van der Waals surface area contributed by atoms with E-state index >= 15 is 0 Å². The maximum Gasteiger partial charge on any atom is 0.419 e. The minimum Gasteiger partial charge on any atom is -0.410 e. The molecule has 0 unspecified atom stereocenters. The highest BCUT2D eigenvalue weighted by Crippen LogP contribution is 2.21. The molecule has 3 rings (SSSR count). The Morgan fingerprint density at radius 2 is 1.32 bits per heavy atom. The number of rotatable bonds is 4. The van der Waals surface area contributed by atoms with Crippen molar-refractivity contribution in [3.8, 4) is 5.75 Å². The molecule has 0 heterocycles. The summed E-state index contributed by atoms with van der Waals surface area (Å²) in [6, 6.07) is 24.9. The Morgan fingerprint density at radius 1 is 0.750 bits per heavy atom. The van der Waals surface area contributed by atoms with Crippen molar-refractivity contribution < 1.29 is 14.3 Å². The molecule has 0 saturated heterocycles. The van der Waals surface area contributed by atoms with Crippen molar-refractivity contribution in [1.29, 1.82) is 0 Å². The Morgan fingerprint density at radius 3 is 1.93 bits per heavy atom. The van der Waals surface area contributed by atoms with Crippen LogP contribution < -0.4 is 19.9 Å². The first-order valence-electron chi connectivity index (χ1n) is 8.75. The van der Waals surface area contributed by atoms with Crippen LogP contribution in [0.3, 0.4) is 0 Å². The van der Waals surface area contributed by atoms with Crippen LogP contribution in [0.1, 0.15) is 0 Å². The monoisotopic (exact) mass is 375 g/mol. The van der Waals surface area contributed by atoms with Gasteiger partial charge < -0.3 is 10.1 Å². The van der Waals surface area contributed by atoms with Crippen molar-refractivity contribution in [2.24, 2.45) is 0 Å². The third kappa shape index (κ3) is 4.67. The number of urea groups is 1. The van der Waals surface area contributed by atoms with Crippen LogP contribution in [0, 0.1) is 0 Å². The number of hydrogen-bond acceptors (Lipinski definition) is 3. The molecule has 3 aromatic carbocycles. The molecule has 0 fully saturated rings. The van der Waals surface area contributed by atoms with Crippen LogP contribution in [0.25, 0.3) is 0 Å². The van der Waals surface area contributed by atoms with Crippen molar-refractivity contribution in [2.45, 2.75) is 0 Å². The van der Waals surface area contributed by atoms with Crippen LogP contribution in [0.15, 0.2) is 84.9 Å². The summed E-state index contributed by atoms with van der Waals surface area (Å²) >= 11 is 0. The second-order valence-electron chi connectivity index (χ2n) is 6.12. The zero-order chi connectivity index (χ0) is 19.9. The summed E-state index contributed by atoms with van der Waals surface area (Å²) in [7, 11) is 3.32. The smallest absolute Gasteiger partial charge is 0.410 e. The molecule has 0 spiro atoms. The predicted octanol–water partition coefficient (Wildman–Crippen LogP) is 4.99. The molecule has 6 nitrogen and oxygen atoms in total. The van der Waals surface area contributed by atoms with Crippen LogP contribution in [0.4, 0.5) is 26.7 Å². The lowest BCUT2D eigenvalue weighted by atomic mass is 10.3. The summed E-state index contributed by atoms with van der Waals surface area (Å²) in [5.41, 5.74) is 2.02. The van der Waals surface area contributed by atoms with Crippen molar-refractivity contribution in [3.05, 3.63) is 84.9 Å². The second-order valence-corrected chi connectivity index (χ2v) is 6.12. The third-order valence-corrected chi connectivity index (χ3v) is 4.16. The van der Waals surface area contributed by atoms with Gasteiger partial charge in [0.2, 0.25) is 0 Å². The van der Waals surface area contributed by atoms with E-state index in [0.717, 1.165) is 11.4 Å². The number of carbonyl (C=O) groups excluding carboxylic acids is 2. The minimum atomic E-state index is -0.518. The van der Waals surface area contributed by atoms with E-state index < -0.39 is 6.09 Å². The van der Waals surface area contributed by atoms with E-state index in [1.54, 1.807) is 38.4 Å². The van der Waals surface area contributed by atoms with Gasteiger partial charge in [0.25, 0.3) is 0 Å². The predicted molar refractivity (Wildman–Crippen MR) is 111 cm³/mol. The highest BCUT2D eigenvalue weighted by Gasteiger charge is 2.14. The zero-order valence-electron chi connectivity index (χ0n) is 15.7. The fraction of sp³-hybridized carbons (Fsp3) is 0.0909. The second kappa shape index (κ2) is 8.73. The van der Waals surface area contributed by atoms with Crippen LogP contribution >= 0.6 is 0 Å². The molecule has 0 aliphatic carbocycles. The van der Waals surface area contributed by atoms with E-state index in [1.807, 2.05) is 60.7 Å². The summed E-state index contributed by atoms with van der Waals surface area (Å²) in [5.74, 6) is 0.341. The molecule has 0 radical (unpaired) electrons. The van der Waals surface area contributed by atoms with E-state index in [0.29, 0.717) is 11.4 Å². The van der Waals surface area contributed by atoms with Gasteiger partial charge in [0.05, 0.1) is 0 Å². The van der Waals surface area contributed by atoms with Crippen molar-refractivity contribution in [1.82, 2.24) is 0 Å². The summed E-state index contributed by atoms with van der Waals surface area (Å²) < 4.78 is 5.42. The van der Waals surface area contributed by atoms with Gasteiger partial charge in [-0.25, -0.2) is 9.59 Å². The number of ether oxygens (including phenoxy) is 1. The molecule has 0 aliphatic rings. The largest absolute Gasteiger partial charge is 0.419 e. The van der Waals surface area contributed by atoms with Gasteiger partial charge in [0.1, 0.15) is 5.75 Å². The summed E-state index contributed by atoms with van der Waals surface area (Å²) in [6.07, 6.45) is -0.518. The van der Waals surface area contributed by atoms with Crippen LogP contribution in [0.2, 0.25) is 0 Å². The first kappa shape index (κ1) is 19.0. The first-order valence-corrected chi connectivity index (χ1v) is 8.75. The number of para-hydroxylation sites is 2. The van der Waals surface area contributed by atoms with Crippen LogP contribution in [-0.2, 0) is 0 Å². The van der Waals surface area contributed by atoms with E-state index in [2.05, 4.69) is 5.32 Å². The highest BCUT2D eigenvalue weighted by molar-refractivity contribution is 6.01. The summed E-state index contributed by atoms with van der Waals surface area (Å²) in [4.78, 5) is 27.7. The third-order valence-electron chi connectivity index (χ3n) is 4.16. The molecule has 0 saturated carbocycles. The van der Waals surface area contributed by atoms with E-state index in [9.17, 15) is 9.59 Å². The number of hydrogen-bond donors (Lipinski definition) is 1. The molecule has 28 heavy (non-hydrogen) atoms. The van der Waals surface area contributed by atoms with Gasteiger partial charge in [-0.1, -0.05) is 42.5 Å². The number of nitrogens with zero attached hydrogens (tertiary/aromatic N) is 2. The molecule has 3 aromatic rings. The lowest BCUT2D eigenvalue weighted by molar-refractivity contribution is 0.209. The first-order chi connectivity index (χ1) is 13.5. The molecule has 6 heteroatoms. The van der Waals surface area contributed by atoms with E-state index in [1.165, 1.54) is 9.80 Å². The molecular formula is C22H21N3O3. The van der Waals surface area contributed by atoms with Gasteiger partial charge in [-0.15, -0.1) is 0 Å². The highest BCUT2D eigenvalue weighted by atomic mass is 16.6. The number of amides is 3. The van der Waals surface area contributed by atoms with Gasteiger partial charge in [0.15, 0.2) is 0 Å². The van der Waals surface area contributed by atoms with E-state index in [-0.39, 0.29) is 6.03 Å². The number of carbonyl (C=O) groups is 2. The summed E-state index contributed by atoms with van der Waals surface area (Å²) in [5, 5.41) is 2.80. The van der Waals surface area contributed by atoms with Gasteiger partial charge in [0, 0.05) is 37.2 Å². The average Bonchev–Trinajstić information content (AvgIpc) is 2.74. The zero-order valence-corrected chi connectivity index (χ0v) is 15.7. The fourth-order valence-electron chi connectivity index (χ4n) is 2.54. The Labute approximate surface area is 164 Å². The molecule has 3 amide bonds. The number of anilines is 3. The Bertz CT molecular complexity index is 871. The molecule has 0 aliphatic heterocycles. The summed E-state index contributed by atoms with van der Waals surface area (Å²) in [6.45, 7) is 0. The van der Waals surface area contributed by atoms with Gasteiger partial charge in [-0.05, 0) is 36.4 Å². The van der Waals surface area contributed by atoms with Crippen molar-refractivity contribution in [2.75, 3.05) is 29.2 Å². The number of benzene rings is 3. The van der Waals surface area contributed by atoms with E-state index in [4.69, 9.17) is 4.74 Å². The maximum absolute atomic E-state index is 12.4. The van der Waals surface area contributed by atoms with Gasteiger partial charge >= 0.3 is 12.1 Å². The average molecular weight is 375 g/mol. The topological polar surface area (TPSA) is 61.9 Å². The standard InChI is InChI=1S/C22H21N3O3/c1-24(18-11-5-3-6-12-18)21(26)23-17-10-9-15-20(16-17)28-22(27)25(2)19-13-7-4-8-14-19/h3-16H,1-2H3,(H,23,26). The number of nitrogens with one attached hydrogen (secondary N) is 1. The SMILES string of the molecule is CN(C(=O)Nc1cccc(OC(=O)N(C)c2ccccc2)c1)c1ccccc1. The molecule has 0 atom stereocenters. The Kier molecular flexibility index (Phi) is 5.91. The van der Waals surface area contributed by atoms with Crippen molar-refractivity contribution >= 4 is 29.2 Å². The fourth-order valence-corrected chi connectivity index (χ4v) is 2.54. The Hall–Kier alpha value is -3.80. The Balaban J connectivity index is 1.65.